The number of nitrogens with zero attached hydrogens (tertiary/aromatic N) is 4. The van der Waals surface area contributed by atoms with Crippen molar-refractivity contribution in [2.24, 2.45) is 0 Å². The van der Waals surface area contributed by atoms with Crippen LogP contribution in [0.4, 0.5) is 0 Å². The number of fused-ring (bicyclic) bond motifs is 1. The number of nitrogens with one attached hydrogen (secondary N) is 1. The summed E-state index contributed by atoms with van der Waals surface area (Å²) in [6.45, 7) is 6.13. The lowest BCUT2D eigenvalue weighted by Gasteiger charge is -2.07. The summed E-state index contributed by atoms with van der Waals surface area (Å²) in [5.74, 6) is 1.31. The molecule has 0 aliphatic heterocycles. The molecule has 0 saturated carbocycles. The van der Waals surface area contributed by atoms with Crippen LogP contribution in [-0.4, -0.2) is 24.7 Å². The van der Waals surface area contributed by atoms with Crippen molar-refractivity contribution in [3.8, 4) is 0 Å². The van der Waals surface area contributed by atoms with Crippen LogP contribution in [0.25, 0.3) is 10.9 Å². The second kappa shape index (κ2) is 4.56. The van der Waals surface area contributed by atoms with Crippen LogP contribution in [0.3, 0.4) is 0 Å². The number of hydrogen-bond acceptors (Lipinski definition) is 4. The van der Waals surface area contributed by atoms with Crippen LogP contribution in [0, 0.1) is 20.8 Å². The highest BCUT2D eigenvalue weighted by Crippen LogP contribution is 2.16. The topological polar surface area (TPSA) is 76.5 Å². The van der Waals surface area contributed by atoms with Gasteiger partial charge >= 0.3 is 0 Å². The van der Waals surface area contributed by atoms with Gasteiger partial charge in [0.15, 0.2) is 5.82 Å². The summed E-state index contributed by atoms with van der Waals surface area (Å²) >= 11 is 0. The molecule has 20 heavy (non-hydrogen) atoms. The van der Waals surface area contributed by atoms with Gasteiger partial charge in [0.05, 0.1) is 23.8 Å². The summed E-state index contributed by atoms with van der Waals surface area (Å²) in [5, 5.41) is 7.43. The van der Waals surface area contributed by atoms with Gasteiger partial charge in [0.25, 0.3) is 5.56 Å². The van der Waals surface area contributed by atoms with Crippen LogP contribution in [0.1, 0.15) is 22.8 Å². The molecule has 0 aliphatic carbocycles. The van der Waals surface area contributed by atoms with Crippen LogP contribution in [0.5, 0.6) is 0 Å². The van der Waals surface area contributed by atoms with Crippen LogP contribution in [0.15, 0.2) is 23.3 Å². The third-order valence-corrected chi connectivity index (χ3v) is 3.47. The zero-order chi connectivity index (χ0) is 14.3. The van der Waals surface area contributed by atoms with Gasteiger partial charge < -0.3 is 0 Å². The molecule has 2 heterocycles. The Morgan fingerprint density at radius 2 is 2.05 bits per heavy atom. The molecule has 0 amide bonds. The fourth-order valence-electron chi connectivity index (χ4n) is 2.20. The van der Waals surface area contributed by atoms with Crippen LogP contribution in [-0.2, 0) is 6.54 Å². The molecule has 1 aromatic carbocycles. The molecule has 2 aromatic heterocycles. The maximum Gasteiger partial charge on any atom is 0.261 e. The minimum Gasteiger partial charge on any atom is -0.291 e. The van der Waals surface area contributed by atoms with Crippen molar-refractivity contribution in [1.29, 1.82) is 0 Å². The molecule has 6 nitrogen and oxygen atoms in total. The highest BCUT2D eigenvalue weighted by molar-refractivity contribution is 5.81. The number of aromatic nitrogens is 5. The number of H-pyrrole nitrogens is 1. The molecular formula is C14H15N5O. The van der Waals surface area contributed by atoms with Crippen molar-refractivity contribution >= 4 is 10.9 Å². The Labute approximate surface area is 115 Å². The average Bonchev–Trinajstić information content (AvgIpc) is 2.83. The first kappa shape index (κ1) is 12.5. The number of hydrogen-bond donors (Lipinski definition) is 1. The fourth-order valence-corrected chi connectivity index (χ4v) is 2.20. The monoisotopic (exact) mass is 269 g/mol. The van der Waals surface area contributed by atoms with Gasteiger partial charge in [-0.15, -0.1) is 0 Å². The molecule has 3 rings (SSSR count). The van der Waals surface area contributed by atoms with Crippen molar-refractivity contribution in [3.63, 3.8) is 0 Å². The first-order valence-electron chi connectivity index (χ1n) is 6.39. The molecule has 0 aliphatic rings. The van der Waals surface area contributed by atoms with E-state index < -0.39 is 0 Å². The van der Waals surface area contributed by atoms with Crippen LogP contribution < -0.4 is 5.56 Å². The van der Waals surface area contributed by atoms with Crippen molar-refractivity contribution in [1.82, 2.24) is 24.7 Å². The zero-order valence-electron chi connectivity index (χ0n) is 11.6. The molecule has 6 heteroatoms. The SMILES string of the molecule is Cc1nc(Cn2cnc3c(C)c(C)ccc3c2=O)n[nH]1. The minimum atomic E-state index is -0.0689. The van der Waals surface area contributed by atoms with E-state index in [4.69, 9.17) is 0 Å². The molecule has 102 valence electrons. The average molecular weight is 269 g/mol. The minimum absolute atomic E-state index is 0.0689. The van der Waals surface area contributed by atoms with Gasteiger partial charge in [0.1, 0.15) is 5.82 Å². The predicted molar refractivity (Wildman–Crippen MR) is 75.7 cm³/mol. The Balaban J connectivity index is 2.12. The largest absolute Gasteiger partial charge is 0.291 e. The third-order valence-electron chi connectivity index (χ3n) is 3.47. The summed E-state index contributed by atoms with van der Waals surface area (Å²) in [4.78, 5) is 21.1. The van der Waals surface area contributed by atoms with Gasteiger partial charge in [-0.3, -0.25) is 14.5 Å². The lowest BCUT2D eigenvalue weighted by molar-refractivity contribution is 0.709. The maximum atomic E-state index is 12.5. The lowest BCUT2D eigenvalue weighted by Crippen LogP contribution is -2.22. The molecule has 0 atom stereocenters. The molecule has 0 unspecified atom stereocenters. The van der Waals surface area contributed by atoms with E-state index in [0.29, 0.717) is 17.8 Å². The van der Waals surface area contributed by atoms with E-state index in [2.05, 4.69) is 20.2 Å². The van der Waals surface area contributed by atoms with E-state index in [1.807, 2.05) is 32.9 Å². The van der Waals surface area contributed by atoms with Gasteiger partial charge in [-0.25, -0.2) is 9.97 Å². The second-order valence-corrected chi connectivity index (χ2v) is 4.92. The van der Waals surface area contributed by atoms with E-state index in [9.17, 15) is 4.79 Å². The summed E-state index contributed by atoms with van der Waals surface area (Å²) in [5.41, 5.74) is 2.87. The van der Waals surface area contributed by atoms with E-state index in [1.54, 1.807) is 6.33 Å². The highest BCUT2D eigenvalue weighted by atomic mass is 16.1. The summed E-state index contributed by atoms with van der Waals surface area (Å²) in [7, 11) is 0. The fraction of sp³-hybridized carbons (Fsp3) is 0.286. The smallest absolute Gasteiger partial charge is 0.261 e. The maximum absolute atomic E-state index is 12.5. The van der Waals surface area contributed by atoms with E-state index in [0.717, 1.165) is 22.5 Å². The summed E-state index contributed by atoms with van der Waals surface area (Å²) in [6.07, 6.45) is 1.56. The van der Waals surface area contributed by atoms with Gasteiger partial charge in [0.2, 0.25) is 0 Å². The number of rotatable bonds is 2. The number of benzene rings is 1. The van der Waals surface area contributed by atoms with Crippen molar-refractivity contribution in [2.75, 3.05) is 0 Å². The van der Waals surface area contributed by atoms with E-state index in [-0.39, 0.29) is 5.56 Å². The van der Waals surface area contributed by atoms with E-state index in [1.165, 1.54) is 4.57 Å². The van der Waals surface area contributed by atoms with Crippen LogP contribution in [0.2, 0.25) is 0 Å². The lowest BCUT2D eigenvalue weighted by atomic mass is 10.1. The van der Waals surface area contributed by atoms with Gasteiger partial charge in [-0.2, -0.15) is 5.10 Å². The van der Waals surface area contributed by atoms with Gasteiger partial charge in [-0.1, -0.05) is 6.07 Å². The normalized spacial score (nSPS) is 11.2. The molecule has 1 N–H and O–H groups in total. The second-order valence-electron chi connectivity index (χ2n) is 4.92. The van der Waals surface area contributed by atoms with Crippen molar-refractivity contribution in [3.05, 3.63) is 51.6 Å². The molecule has 0 saturated heterocycles. The zero-order valence-corrected chi connectivity index (χ0v) is 11.6. The Bertz CT molecular complexity index is 846. The molecule has 3 aromatic rings. The summed E-state index contributed by atoms with van der Waals surface area (Å²) < 4.78 is 1.53. The van der Waals surface area contributed by atoms with E-state index >= 15 is 0 Å². The van der Waals surface area contributed by atoms with Gasteiger partial charge in [0, 0.05) is 0 Å². The molecule has 0 radical (unpaired) electrons. The Hall–Kier alpha value is -2.50. The predicted octanol–water partition coefficient (Wildman–Crippen LogP) is 1.49. The third kappa shape index (κ3) is 1.99. The highest BCUT2D eigenvalue weighted by Gasteiger charge is 2.09. The number of aromatic amines is 1. The molecular weight excluding hydrogens is 254 g/mol. The quantitative estimate of drug-likeness (QED) is 0.764. The molecule has 0 spiro atoms. The summed E-state index contributed by atoms with van der Waals surface area (Å²) in [6, 6.07) is 3.77. The van der Waals surface area contributed by atoms with Gasteiger partial charge in [-0.05, 0) is 38.0 Å². The molecule has 0 bridgehead atoms. The standard InChI is InChI=1S/C14H15N5O/c1-8-4-5-11-13(9(8)2)15-7-19(14(11)20)6-12-16-10(3)17-18-12/h4-5,7H,6H2,1-3H3,(H,16,17,18). The van der Waals surface area contributed by atoms with Crippen LogP contribution >= 0.6 is 0 Å². The first-order chi connectivity index (χ1) is 9.56. The number of aryl methyl sites for hydroxylation is 3. The first-order valence-corrected chi connectivity index (χ1v) is 6.39. The Morgan fingerprint density at radius 3 is 2.75 bits per heavy atom. The molecule has 0 fully saturated rings. The Morgan fingerprint density at radius 1 is 1.25 bits per heavy atom. The van der Waals surface area contributed by atoms with Crippen molar-refractivity contribution < 1.29 is 0 Å². The Kier molecular flexibility index (Phi) is 2.85. The van der Waals surface area contributed by atoms with Crippen molar-refractivity contribution in [2.45, 2.75) is 27.3 Å².